The summed E-state index contributed by atoms with van der Waals surface area (Å²) in [7, 11) is 0. The molecule has 0 unspecified atom stereocenters. The fourth-order valence-corrected chi connectivity index (χ4v) is 1.50. The molecule has 0 aromatic carbocycles. The first-order valence-electron chi connectivity index (χ1n) is 5.18. The van der Waals surface area contributed by atoms with E-state index in [0.717, 1.165) is 39.0 Å². The lowest BCUT2D eigenvalue weighted by Crippen LogP contribution is -2.40. The summed E-state index contributed by atoms with van der Waals surface area (Å²) in [6.07, 6.45) is 3.32. The summed E-state index contributed by atoms with van der Waals surface area (Å²) in [5.41, 5.74) is 5.84. The van der Waals surface area contributed by atoms with Gasteiger partial charge in [-0.3, -0.25) is 0 Å². The van der Waals surface area contributed by atoms with Crippen LogP contribution in [0, 0.1) is 0 Å². The molecule has 13 heavy (non-hydrogen) atoms. The molecule has 78 valence electrons. The number of hydrogen-bond donors (Lipinski definition) is 2. The Kier molecular flexibility index (Phi) is 4.16. The standard InChI is InChI=1S/C10H22N2O/c1-10(2,11)5-6-12-9-3-7-13-8-4-9/h9,12H,3-8,11H2,1-2H3. The van der Waals surface area contributed by atoms with Crippen LogP contribution in [0.1, 0.15) is 33.1 Å². The van der Waals surface area contributed by atoms with Crippen LogP contribution in [0.25, 0.3) is 0 Å². The molecular weight excluding hydrogens is 164 g/mol. The van der Waals surface area contributed by atoms with Crippen molar-refractivity contribution in [3.63, 3.8) is 0 Å². The van der Waals surface area contributed by atoms with Gasteiger partial charge in [-0.15, -0.1) is 0 Å². The molecule has 0 aromatic heterocycles. The molecule has 1 aliphatic heterocycles. The van der Waals surface area contributed by atoms with E-state index in [2.05, 4.69) is 19.2 Å². The van der Waals surface area contributed by atoms with Gasteiger partial charge in [0.2, 0.25) is 0 Å². The lowest BCUT2D eigenvalue weighted by Gasteiger charge is -2.25. The fraction of sp³-hybridized carbons (Fsp3) is 1.00. The quantitative estimate of drug-likeness (QED) is 0.685. The summed E-state index contributed by atoms with van der Waals surface area (Å²) in [5, 5.41) is 3.52. The van der Waals surface area contributed by atoms with E-state index in [9.17, 15) is 0 Å². The van der Waals surface area contributed by atoms with Crippen molar-refractivity contribution in [1.82, 2.24) is 5.32 Å². The molecule has 0 atom stereocenters. The lowest BCUT2D eigenvalue weighted by molar-refractivity contribution is 0.0777. The predicted octanol–water partition coefficient (Wildman–Crippen LogP) is 0.882. The molecule has 3 nitrogen and oxygen atoms in total. The highest BCUT2D eigenvalue weighted by atomic mass is 16.5. The molecule has 0 radical (unpaired) electrons. The maximum absolute atomic E-state index is 5.89. The first-order valence-corrected chi connectivity index (χ1v) is 5.18. The van der Waals surface area contributed by atoms with Crippen LogP contribution >= 0.6 is 0 Å². The fourth-order valence-electron chi connectivity index (χ4n) is 1.50. The Labute approximate surface area is 81.0 Å². The predicted molar refractivity (Wildman–Crippen MR) is 54.7 cm³/mol. The van der Waals surface area contributed by atoms with Gasteiger partial charge in [-0.05, 0) is 39.7 Å². The van der Waals surface area contributed by atoms with Crippen molar-refractivity contribution in [2.75, 3.05) is 19.8 Å². The molecule has 1 fully saturated rings. The van der Waals surface area contributed by atoms with Crippen LogP contribution in [-0.4, -0.2) is 31.3 Å². The summed E-state index contributed by atoms with van der Waals surface area (Å²) >= 11 is 0. The molecule has 0 spiro atoms. The van der Waals surface area contributed by atoms with Crippen molar-refractivity contribution >= 4 is 0 Å². The molecule has 3 N–H and O–H groups in total. The highest BCUT2D eigenvalue weighted by molar-refractivity contribution is 4.76. The third kappa shape index (κ3) is 5.24. The maximum Gasteiger partial charge on any atom is 0.0480 e. The Bertz CT molecular complexity index is 136. The zero-order valence-electron chi connectivity index (χ0n) is 8.81. The second-order valence-corrected chi connectivity index (χ2v) is 4.58. The largest absolute Gasteiger partial charge is 0.381 e. The van der Waals surface area contributed by atoms with Gasteiger partial charge in [0.15, 0.2) is 0 Å². The van der Waals surface area contributed by atoms with Gasteiger partial charge in [-0.1, -0.05) is 0 Å². The van der Waals surface area contributed by atoms with Crippen LogP contribution in [-0.2, 0) is 4.74 Å². The first-order chi connectivity index (χ1) is 6.08. The molecule has 1 heterocycles. The van der Waals surface area contributed by atoms with E-state index in [4.69, 9.17) is 10.5 Å². The first kappa shape index (κ1) is 11.0. The Morgan fingerprint density at radius 3 is 2.54 bits per heavy atom. The number of nitrogens with two attached hydrogens (primary N) is 1. The minimum atomic E-state index is -0.0435. The summed E-state index contributed by atoms with van der Waals surface area (Å²) in [4.78, 5) is 0. The van der Waals surface area contributed by atoms with Crippen molar-refractivity contribution in [1.29, 1.82) is 0 Å². The molecule has 0 aliphatic carbocycles. The molecule has 0 aromatic rings. The molecule has 0 bridgehead atoms. The van der Waals surface area contributed by atoms with Crippen LogP contribution in [0.5, 0.6) is 0 Å². The van der Waals surface area contributed by atoms with Gasteiger partial charge in [0.25, 0.3) is 0 Å². The van der Waals surface area contributed by atoms with Crippen LogP contribution in [0.2, 0.25) is 0 Å². The summed E-state index contributed by atoms with van der Waals surface area (Å²) in [6, 6.07) is 0.649. The van der Waals surface area contributed by atoms with E-state index < -0.39 is 0 Å². The SMILES string of the molecule is CC(C)(N)CCNC1CCOCC1. The average molecular weight is 186 g/mol. The van der Waals surface area contributed by atoms with Crippen LogP contribution < -0.4 is 11.1 Å². The molecule has 0 saturated carbocycles. The Balaban J connectivity index is 2.04. The second-order valence-electron chi connectivity index (χ2n) is 4.58. The Morgan fingerprint density at radius 2 is 2.00 bits per heavy atom. The molecule has 1 saturated heterocycles. The molecule has 1 aliphatic rings. The van der Waals surface area contributed by atoms with E-state index in [1.54, 1.807) is 0 Å². The van der Waals surface area contributed by atoms with Gasteiger partial charge in [0.05, 0.1) is 0 Å². The summed E-state index contributed by atoms with van der Waals surface area (Å²) in [5.74, 6) is 0. The number of hydrogen-bond acceptors (Lipinski definition) is 3. The van der Waals surface area contributed by atoms with Crippen molar-refractivity contribution in [2.24, 2.45) is 5.73 Å². The van der Waals surface area contributed by atoms with Gasteiger partial charge in [0.1, 0.15) is 0 Å². The molecule has 3 heteroatoms. The van der Waals surface area contributed by atoms with Crippen LogP contribution in [0.15, 0.2) is 0 Å². The maximum atomic E-state index is 5.89. The average Bonchev–Trinajstić information content (AvgIpc) is 2.04. The van der Waals surface area contributed by atoms with E-state index in [1.807, 2.05) is 0 Å². The van der Waals surface area contributed by atoms with Crippen LogP contribution in [0.4, 0.5) is 0 Å². The monoisotopic (exact) mass is 186 g/mol. The van der Waals surface area contributed by atoms with Crippen LogP contribution in [0.3, 0.4) is 0 Å². The highest BCUT2D eigenvalue weighted by Crippen LogP contribution is 2.07. The van der Waals surface area contributed by atoms with Gasteiger partial charge in [-0.25, -0.2) is 0 Å². The van der Waals surface area contributed by atoms with E-state index >= 15 is 0 Å². The van der Waals surface area contributed by atoms with E-state index in [-0.39, 0.29) is 5.54 Å². The number of ether oxygens (including phenoxy) is 1. The van der Waals surface area contributed by atoms with Crippen molar-refractivity contribution in [3.8, 4) is 0 Å². The zero-order valence-corrected chi connectivity index (χ0v) is 8.81. The number of rotatable bonds is 4. The minimum Gasteiger partial charge on any atom is -0.381 e. The Hall–Kier alpha value is -0.120. The van der Waals surface area contributed by atoms with Crippen molar-refractivity contribution in [3.05, 3.63) is 0 Å². The third-order valence-electron chi connectivity index (χ3n) is 2.42. The normalized spacial score (nSPS) is 20.5. The lowest BCUT2D eigenvalue weighted by atomic mass is 10.0. The smallest absolute Gasteiger partial charge is 0.0480 e. The van der Waals surface area contributed by atoms with Crippen molar-refractivity contribution < 1.29 is 4.74 Å². The molecule has 1 rings (SSSR count). The second kappa shape index (κ2) is 4.94. The Morgan fingerprint density at radius 1 is 1.38 bits per heavy atom. The third-order valence-corrected chi connectivity index (χ3v) is 2.42. The van der Waals surface area contributed by atoms with Crippen molar-refractivity contribution in [2.45, 2.75) is 44.7 Å². The summed E-state index contributed by atoms with van der Waals surface area (Å²) in [6.45, 7) is 6.97. The zero-order chi connectivity index (χ0) is 9.73. The minimum absolute atomic E-state index is 0.0435. The van der Waals surface area contributed by atoms with E-state index in [0.29, 0.717) is 6.04 Å². The van der Waals surface area contributed by atoms with Gasteiger partial charge >= 0.3 is 0 Å². The van der Waals surface area contributed by atoms with Gasteiger partial charge < -0.3 is 15.8 Å². The molecule has 0 amide bonds. The van der Waals surface area contributed by atoms with Gasteiger partial charge in [0, 0.05) is 24.8 Å². The summed E-state index contributed by atoms with van der Waals surface area (Å²) < 4.78 is 5.28. The molecular formula is C10H22N2O. The highest BCUT2D eigenvalue weighted by Gasteiger charge is 2.14. The van der Waals surface area contributed by atoms with E-state index in [1.165, 1.54) is 0 Å². The number of nitrogens with one attached hydrogen (secondary N) is 1. The van der Waals surface area contributed by atoms with Gasteiger partial charge in [-0.2, -0.15) is 0 Å². The topological polar surface area (TPSA) is 47.3 Å².